The lowest BCUT2D eigenvalue weighted by molar-refractivity contribution is 0.287. The van der Waals surface area contributed by atoms with Crippen LogP contribution in [0.2, 0.25) is 0 Å². The van der Waals surface area contributed by atoms with Crippen LogP contribution in [0.3, 0.4) is 0 Å². The third kappa shape index (κ3) is 4.10. The molecule has 0 aliphatic heterocycles. The third-order valence-corrected chi connectivity index (χ3v) is 4.09. The highest BCUT2D eigenvalue weighted by Gasteiger charge is 2.25. The number of H-pyrrole nitrogens is 1. The summed E-state index contributed by atoms with van der Waals surface area (Å²) in [5, 5.41) is 7.14. The maximum atomic E-state index is 14.2. The highest BCUT2D eigenvalue weighted by molar-refractivity contribution is 5.63. The normalized spacial score (nSPS) is 14.4. The lowest BCUT2D eigenvalue weighted by Gasteiger charge is -2.16. The monoisotopic (exact) mass is 317 g/mol. The van der Waals surface area contributed by atoms with Crippen molar-refractivity contribution in [3.05, 3.63) is 35.8 Å². The predicted octanol–water partition coefficient (Wildman–Crippen LogP) is 3.99. The summed E-state index contributed by atoms with van der Waals surface area (Å²) in [6.45, 7) is 4.03. The van der Waals surface area contributed by atoms with Gasteiger partial charge < -0.3 is 9.64 Å². The summed E-state index contributed by atoms with van der Waals surface area (Å²) in [5.41, 5.74) is 2.77. The van der Waals surface area contributed by atoms with Crippen molar-refractivity contribution in [2.75, 3.05) is 13.6 Å². The van der Waals surface area contributed by atoms with E-state index in [1.54, 1.807) is 6.07 Å². The van der Waals surface area contributed by atoms with Gasteiger partial charge in [0.15, 0.2) is 11.6 Å². The second kappa shape index (κ2) is 7.13. The van der Waals surface area contributed by atoms with Gasteiger partial charge in [0, 0.05) is 17.7 Å². The zero-order chi connectivity index (χ0) is 16.2. The molecule has 1 aliphatic rings. The Kier molecular flexibility index (Phi) is 4.96. The Labute approximate surface area is 136 Å². The second-order valence-electron chi connectivity index (χ2n) is 6.32. The minimum absolute atomic E-state index is 0.199. The number of hydrogen-bond donors (Lipinski definition) is 1. The molecular weight excluding hydrogens is 293 g/mol. The van der Waals surface area contributed by atoms with E-state index in [0.29, 0.717) is 5.75 Å². The van der Waals surface area contributed by atoms with E-state index in [-0.39, 0.29) is 11.9 Å². The van der Waals surface area contributed by atoms with Gasteiger partial charge in [-0.25, -0.2) is 4.39 Å². The molecule has 1 aromatic carbocycles. The molecule has 23 heavy (non-hydrogen) atoms. The smallest absolute Gasteiger partial charge is 0.165 e. The van der Waals surface area contributed by atoms with Crippen LogP contribution in [0.5, 0.6) is 5.75 Å². The number of nitrogens with one attached hydrogen (secondary N) is 1. The predicted molar refractivity (Wildman–Crippen MR) is 88.9 cm³/mol. The highest BCUT2D eigenvalue weighted by Crippen LogP contribution is 2.31. The molecule has 0 spiro atoms. The first kappa shape index (κ1) is 16.0. The quantitative estimate of drug-likeness (QED) is 0.800. The van der Waals surface area contributed by atoms with Gasteiger partial charge >= 0.3 is 0 Å². The van der Waals surface area contributed by atoms with E-state index < -0.39 is 0 Å². The topological polar surface area (TPSA) is 41.2 Å². The first-order chi connectivity index (χ1) is 11.2. The fraction of sp³-hybridized carbons (Fsp3) is 0.500. The van der Waals surface area contributed by atoms with Crippen LogP contribution in [0.25, 0.3) is 11.3 Å². The molecule has 1 fully saturated rings. The Morgan fingerprint density at radius 2 is 2.22 bits per heavy atom. The number of unbranched alkanes of at least 4 members (excludes halogenated alkanes) is 1. The average molecular weight is 317 g/mol. The van der Waals surface area contributed by atoms with Crippen LogP contribution >= 0.6 is 0 Å². The molecule has 1 heterocycles. The number of halogens is 1. The lowest BCUT2D eigenvalue weighted by atomic mass is 10.1. The Morgan fingerprint density at radius 3 is 2.91 bits per heavy atom. The molecule has 1 aliphatic carbocycles. The van der Waals surface area contributed by atoms with Crippen LogP contribution in [0.4, 0.5) is 4.39 Å². The van der Waals surface area contributed by atoms with Crippen molar-refractivity contribution in [3.8, 4) is 17.0 Å². The van der Waals surface area contributed by atoms with Gasteiger partial charge in [0.2, 0.25) is 0 Å². The standard InChI is InChI=1S/C18H24FN3O/c1-3-4-9-22(2)12-14-11-20-21-18(14)13-5-8-17(16(19)10-13)23-15-6-7-15/h5,8,10-11,15H,3-4,6-7,9,12H2,1-2H3,(H,20,21). The molecule has 1 N–H and O–H groups in total. The second-order valence-corrected chi connectivity index (χ2v) is 6.32. The van der Waals surface area contributed by atoms with Crippen LogP contribution in [0.15, 0.2) is 24.4 Å². The van der Waals surface area contributed by atoms with Gasteiger partial charge in [-0.1, -0.05) is 13.3 Å². The van der Waals surface area contributed by atoms with Crippen molar-refractivity contribution in [2.45, 2.75) is 45.3 Å². The van der Waals surface area contributed by atoms with Crippen molar-refractivity contribution >= 4 is 0 Å². The molecule has 124 valence electrons. The van der Waals surface area contributed by atoms with E-state index in [4.69, 9.17) is 4.74 Å². The summed E-state index contributed by atoms with van der Waals surface area (Å²) < 4.78 is 19.8. The molecule has 3 rings (SSSR count). The summed E-state index contributed by atoms with van der Waals surface area (Å²) in [4.78, 5) is 2.26. The van der Waals surface area contributed by atoms with Crippen LogP contribution in [0.1, 0.15) is 38.2 Å². The third-order valence-electron chi connectivity index (χ3n) is 4.09. The van der Waals surface area contributed by atoms with E-state index in [2.05, 4.69) is 29.1 Å². The van der Waals surface area contributed by atoms with E-state index in [1.807, 2.05) is 12.3 Å². The molecule has 1 aromatic heterocycles. The molecule has 4 nitrogen and oxygen atoms in total. The summed E-state index contributed by atoms with van der Waals surface area (Å²) >= 11 is 0. The van der Waals surface area contributed by atoms with Gasteiger partial charge in [-0.3, -0.25) is 5.10 Å². The lowest BCUT2D eigenvalue weighted by Crippen LogP contribution is -2.19. The number of benzene rings is 1. The molecule has 0 atom stereocenters. The Hall–Kier alpha value is -1.88. The van der Waals surface area contributed by atoms with Crippen molar-refractivity contribution < 1.29 is 9.13 Å². The van der Waals surface area contributed by atoms with Crippen molar-refractivity contribution in [1.82, 2.24) is 15.1 Å². The molecular formula is C18H24FN3O. The van der Waals surface area contributed by atoms with E-state index in [1.165, 1.54) is 18.9 Å². The number of aromatic amines is 1. The van der Waals surface area contributed by atoms with E-state index in [0.717, 1.165) is 42.8 Å². The zero-order valence-corrected chi connectivity index (χ0v) is 13.8. The van der Waals surface area contributed by atoms with Gasteiger partial charge in [-0.05, 0) is 51.1 Å². The fourth-order valence-electron chi connectivity index (χ4n) is 2.60. The minimum Gasteiger partial charge on any atom is -0.487 e. The fourth-order valence-corrected chi connectivity index (χ4v) is 2.60. The maximum absolute atomic E-state index is 14.2. The van der Waals surface area contributed by atoms with Gasteiger partial charge in [-0.15, -0.1) is 0 Å². The van der Waals surface area contributed by atoms with Crippen molar-refractivity contribution in [2.24, 2.45) is 0 Å². The van der Waals surface area contributed by atoms with Crippen LogP contribution in [-0.4, -0.2) is 34.8 Å². The SMILES string of the molecule is CCCCN(C)Cc1cn[nH]c1-c1ccc(OC2CC2)c(F)c1. The van der Waals surface area contributed by atoms with Gasteiger partial charge in [0.25, 0.3) is 0 Å². The number of aromatic nitrogens is 2. The van der Waals surface area contributed by atoms with Crippen LogP contribution in [0, 0.1) is 5.82 Å². The summed E-state index contributed by atoms with van der Waals surface area (Å²) in [6, 6.07) is 5.14. The molecule has 0 radical (unpaired) electrons. The van der Waals surface area contributed by atoms with Crippen molar-refractivity contribution in [1.29, 1.82) is 0 Å². The molecule has 1 saturated carbocycles. The average Bonchev–Trinajstić information content (AvgIpc) is 3.24. The molecule has 5 heteroatoms. The number of ether oxygens (including phenoxy) is 1. The summed E-state index contributed by atoms with van der Waals surface area (Å²) in [7, 11) is 2.10. The maximum Gasteiger partial charge on any atom is 0.165 e. The number of nitrogens with zero attached hydrogens (tertiary/aromatic N) is 2. The van der Waals surface area contributed by atoms with Crippen molar-refractivity contribution in [3.63, 3.8) is 0 Å². The number of rotatable bonds is 8. The minimum atomic E-state index is -0.311. The zero-order valence-electron chi connectivity index (χ0n) is 13.8. The summed E-state index contributed by atoms with van der Waals surface area (Å²) in [5.74, 6) is 0.0340. The Morgan fingerprint density at radius 1 is 1.39 bits per heavy atom. The van der Waals surface area contributed by atoms with Gasteiger partial charge in [0.1, 0.15) is 0 Å². The highest BCUT2D eigenvalue weighted by atomic mass is 19.1. The first-order valence-corrected chi connectivity index (χ1v) is 8.34. The molecule has 0 unspecified atom stereocenters. The molecule has 0 bridgehead atoms. The van der Waals surface area contributed by atoms with Crippen LogP contribution < -0.4 is 4.74 Å². The Bertz CT molecular complexity index is 651. The first-order valence-electron chi connectivity index (χ1n) is 8.34. The number of hydrogen-bond acceptors (Lipinski definition) is 3. The molecule has 0 amide bonds. The molecule has 2 aromatic rings. The van der Waals surface area contributed by atoms with E-state index in [9.17, 15) is 4.39 Å². The van der Waals surface area contributed by atoms with E-state index >= 15 is 0 Å². The summed E-state index contributed by atoms with van der Waals surface area (Å²) in [6.07, 6.45) is 6.42. The Balaban J connectivity index is 1.74. The van der Waals surface area contributed by atoms with Gasteiger partial charge in [-0.2, -0.15) is 5.10 Å². The van der Waals surface area contributed by atoms with Crippen LogP contribution in [-0.2, 0) is 6.54 Å². The van der Waals surface area contributed by atoms with Gasteiger partial charge in [0.05, 0.1) is 18.0 Å². The largest absolute Gasteiger partial charge is 0.487 e. The molecule has 0 saturated heterocycles.